The van der Waals surface area contributed by atoms with Crippen LogP contribution in [0.15, 0.2) is 67.6 Å². The summed E-state index contributed by atoms with van der Waals surface area (Å²) in [6.07, 6.45) is 11.5. The summed E-state index contributed by atoms with van der Waals surface area (Å²) < 4.78 is 0. The first kappa shape index (κ1) is 14.5. The molecule has 23 heavy (non-hydrogen) atoms. The third kappa shape index (κ3) is 3.79. The zero-order valence-corrected chi connectivity index (χ0v) is 12.1. The zero-order valence-electron chi connectivity index (χ0n) is 12.1. The normalized spacial score (nSPS) is 9.91. The number of hydrogen-bond donors (Lipinski definition) is 1. The molecule has 0 spiro atoms. The third-order valence-corrected chi connectivity index (χ3v) is 2.90. The molecule has 7 heteroatoms. The van der Waals surface area contributed by atoms with Crippen LogP contribution in [0.3, 0.4) is 0 Å². The zero-order chi connectivity index (χ0) is 15.9. The predicted molar refractivity (Wildman–Crippen MR) is 87.0 cm³/mol. The van der Waals surface area contributed by atoms with Gasteiger partial charge >= 0.3 is 0 Å². The van der Waals surface area contributed by atoms with E-state index < -0.39 is 0 Å². The number of nitrogens with two attached hydrogens (primary N) is 1. The molecule has 4 aromatic rings. The smallest absolute Gasteiger partial charge is 0.220 e. The van der Waals surface area contributed by atoms with Gasteiger partial charge in [0, 0.05) is 36.4 Å². The van der Waals surface area contributed by atoms with Crippen molar-refractivity contribution in [1.29, 1.82) is 0 Å². The highest BCUT2D eigenvalue weighted by molar-refractivity contribution is 5.78. The van der Waals surface area contributed by atoms with Crippen LogP contribution in [-0.2, 0) is 0 Å². The number of hydrogen-bond acceptors (Lipinski definition) is 7. The van der Waals surface area contributed by atoms with E-state index in [1.54, 1.807) is 43.4 Å². The summed E-state index contributed by atoms with van der Waals surface area (Å²) >= 11 is 0. The maximum atomic E-state index is 5.40. The predicted octanol–water partition coefficient (Wildman–Crippen LogP) is 2.15. The fourth-order valence-electron chi connectivity index (χ4n) is 1.85. The first-order valence-corrected chi connectivity index (χ1v) is 6.82. The molecule has 0 saturated heterocycles. The molecule has 1 aromatic carbocycles. The van der Waals surface area contributed by atoms with Crippen molar-refractivity contribution in [3.05, 3.63) is 67.6 Å². The number of benzene rings is 1. The van der Waals surface area contributed by atoms with Gasteiger partial charge in [-0.3, -0.25) is 19.9 Å². The van der Waals surface area contributed by atoms with E-state index in [9.17, 15) is 0 Å². The number of rotatable bonds is 1. The maximum absolute atomic E-state index is 5.40. The number of nitrogen functional groups attached to an aromatic ring is 1. The van der Waals surface area contributed by atoms with E-state index in [4.69, 9.17) is 5.73 Å². The summed E-state index contributed by atoms with van der Waals surface area (Å²) in [6.45, 7) is 0. The third-order valence-electron chi connectivity index (χ3n) is 2.90. The molecule has 4 rings (SSSR count). The summed E-state index contributed by atoms with van der Waals surface area (Å²) in [5.41, 5.74) is 7.77. The largest absolute Gasteiger partial charge is 0.368 e. The molecule has 0 saturated carbocycles. The van der Waals surface area contributed by atoms with Gasteiger partial charge in [-0.1, -0.05) is 18.2 Å². The Kier molecular flexibility index (Phi) is 4.39. The highest BCUT2D eigenvalue weighted by Gasteiger charge is 1.97. The van der Waals surface area contributed by atoms with E-state index in [0.717, 1.165) is 22.3 Å². The Labute approximate surface area is 132 Å². The molecule has 0 radical (unpaired) electrons. The van der Waals surface area contributed by atoms with Gasteiger partial charge in [-0.2, -0.15) is 0 Å². The number of aromatic nitrogens is 6. The van der Waals surface area contributed by atoms with Crippen molar-refractivity contribution in [2.24, 2.45) is 0 Å². The second kappa shape index (κ2) is 6.99. The van der Waals surface area contributed by atoms with Crippen LogP contribution in [0.4, 0.5) is 5.95 Å². The Bertz CT molecular complexity index is 844. The lowest BCUT2D eigenvalue weighted by molar-refractivity contribution is 1.14. The van der Waals surface area contributed by atoms with Crippen molar-refractivity contribution in [3.8, 4) is 11.4 Å². The second-order valence-corrected chi connectivity index (χ2v) is 4.47. The van der Waals surface area contributed by atoms with Crippen LogP contribution >= 0.6 is 0 Å². The fourth-order valence-corrected chi connectivity index (χ4v) is 1.85. The Morgan fingerprint density at radius 1 is 0.696 bits per heavy atom. The Morgan fingerprint density at radius 3 is 1.96 bits per heavy atom. The van der Waals surface area contributed by atoms with E-state index in [1.807, 2.05) is 24.3 Å². The number of anilines is 1. The average molecular weight is 303 g/mol. The van der Waals surface area contributed by atoms with Gasteiger partial charge in [0.2, 0.25) is 5.95 Å². The van der Waals surface area contributed by atoms with Gasteiger partial charge in [-0.05, 0) is 6.07 Å². The van der Waals surface area contributed by atoms with Gasteiger partial charge in [0.25, 0.3) is 0 Å². The minimum absolute atomic E-state index is 0.323. The maximum Gasteiger partial charge on any atom is 0.220 e. The van der Waals surface area contributed by atoms with Crippen LogP contribution in [0.1, 0.15) is 0 Å². The second-order valence-electron chi connectivity index (χ2n) is 4.47. The van der Waals surface area contributed by atoms with E-state index in [1.165, 1.54) is 0 Å². The molecular formula is C16H13N7. The summed E-state index contributed by atoms with van der Waals surface area (Å²) in [6, 6.07) is 7.73. The minimum Gasteiger partial charge on any atom is -0.368 e. The quantitative estimate of drug-likeness (QED) is 0.574. The Morgan fingerprint density at radius 2 is 1.35 bits per heavy atom. The van der Waals surface area contributed by atoms with E-state index in [2.05, 4.69) is 29.9 Å². The summed E-state index contributed by atoms with van der Waals surface area (Å²) in [5.74, 6) is 0.323. The van der Waals surface area contributed by atoms with Crippen molar-refractivity contribution >= 4 is 16.9 Å². The Hall–Kier alpha value is -3.48. The highest BCUT2D eigenvalue weighted by atomic mass is 15.0. The molecule has 0 fully saturated rings. The van der Waals surface area contributed by atoms with Gasteiger partial charge < -0.3 is 5.73 Å². The highest BCUT2D eigenvalue weighted by Crippen LogP contribution is 2.09. The van der Waals surface area contributed by atoms with Crippen molar-refractivity contribution < 1.29 is 0 Å². The lowest BCUT2D eigenvalue weighted by Gasteiger charge is -1.95. The summed E-state index contributed by atoms with van der Waals surface area (Å²) in [4.78, 5) is 23.9. The Balaban J connectivity index is 0.000000136. The first-order valence-electron chi connectivity index (χ1n) is 6.82. The van der Waals surface area contributed by atoms with E-state index in [-0.39, 0.29) is 0 Å². The summed E-state index contributed by atoms with van der Waals surface area (Å²) in [5, 5.41) is 1.02. The van der Waals surface area contributed by atoms with Gasteiger partial charge in [0.1, 0.15) is 11.4 Å². The van der Waals surface area contributed by atoms with Crippen molar-refractivity contribution in [2.45, 2.75) is 0 Å². The molecule has 0 unspecified atom stereocenters. The molecule has 3 heterocycles. The number of para-hydroxylation sites is 1. The molecule has 0 aliphatic heterocycles. The summed E-state index contributed by atoms with van der Waals surface area (Å²) in [7, 11) is 0. The molecule has 3 aromatic heterocycles. The molecular weight excluding hydrogens is 290 g/mol. The van der Waals surface area contributed by atoms with Crippen LogP contribution in [0, 0.1) is 0 Å². The average Bonchev–Trinajstić information content (AvgIpc) is 2.64. The number of fused-ring (bicyclic) bond motifs is 1. The monoisotopic (exact) mass is 303 g/mol. The topological polar surface area (TPSA) is 103 Å². The SMILES string of the molecule is Nc1ncc2ccccc2n1.c1cnc(-c2cnccn2)cn1. The lowest BCUT2D eigenvalue weighted by atomic mass is 10.2. The minimum atomic E-state index is 0.323. The standard InChI is InChI=1S/C8H6N4.C8H7N3/c1-3-11-7(5-9-1)8-6-10-2-4-12-8;9-8-10-5-6-3-1-2-4-7(6)11-8/h1-6H;1-5H,(H2,9,10,11). The van der Waals surface area contributed by atoms with Gasteiger partial charge in [0.15, 0.2) is 0 Å². The van der Waals surface area contributed by atoms with E-state index >= 15 is 0 Å². The van der Waals surface area contributed by atoms with Crippen molar-refractivity contribution in [2.75, 3.05) is 5.73 Å². The first-order chi connectivity index (χ1) is 11.3. The van der Waals surface area contributed by atoms with E-state index in [0.29, 0.717) is 5.95 Å². The molecule has 7 nitrogen and oxygen atoms in total. The van der Waals surface area contributed by atoms with Gasteiger partial charge in [0.05, 0.1) is 17.9 Å². The molecule has 0 aliphatic carbocycles. The number of nitrogens with zero attached hydrogens (tertiary/aromatic N) is 6. The van der Waals surface area contributed by atoms with Gasteiger partial charge in [-0.25, -0.2) is 9.97 Å². The molecule has 0 aliphatic rings. The van der Waals surface area contributed by atoms with Crippen LogP contribution in [0.5, 0.6) is 0 Å². The molecule has 0 bridgehead atoms. The lowest BCUT2D eigenvalue weighted by Crippen LogP contribution is -1.93. The van der Waals surface area contributed by atoms with Crippen LogP contribution in [0.2, 0.25) is 0 Å². The molecule has 112 valence electrons. The van der Waals surface area contributed by atoms with Crippen LogP contribution < -0.4 is 5.73 Å². The van der Waals surface area contributed by atoms with Crippen molar-refractivity contribution in [3.63, 3.8) is 0 Å². The fraction of sp³-hybridized carbons (Fsp3) is 0. The molecule has 2 N–H and O–H groups in total. The molecule has 0 amide bonds. The molecule has 0 atom stereocenters. The van der Waals surface area contributed by atoms with Gasteiger partial charge in [-0.15, -0.1) is 0 Å². The van der Waals surface area contributed by atoms with Crippen LogP contribution in [0.25, 0.3) is 22.3 Å². The van der Waals surface area contributed by atoms with Crippen LogP contribution in [-0.4, -0.2) is 29.9 Å². The van der Waals surface area contributed by atoms with Crippen molar-refractivity contribution in [1.82, 2.24) is 29.9 Å².